The summed E-state index contributed by atoms with van der Waals surface area (Å²) in [6, 6.07) is 1.13. The van der Waals surface area contributed by atoms with Gasteiger partial charge in [-0.1, -0.05) is 0 Å². The monoisotopic (exact) mass is 347 g/mol. The third-order valence-corrected chi connectivity index (χ3v) is 2.78. The van der Waals surface area contributed by atoms with Gasteiger partial charge in [0.05, 0.1) is 5.56 Å². The molecular weight excluding hydrogens is 342 g/mol. The Morgan fingerprint density at radius 1 is 1.67 bits per heavy atom. The Balaban J connectivity index is 3.35. The van der Waals surface area contributed by atoms with E-state index in [1.165, 1.54) is 0 Å². The molecule has 1 N–H and O–H groups in total. The fourth-order valence-corrected chi connectivity index (χ4v) is 1.85. The highest BCUT2D eigenvalue weighted by molar-refractivity contribution is 14.1. The van der Waals surface area contributed by atoms with Crippen molar-refractivity contribution in [2.45, 2.75) is 12.3 Å². The SMILES string of the molecule is O=C(O)c1cc(CCl)c(C(F)F)nc1I. The van der Waals surface area contributed by atoms with Gasteiger partial charge in [-0.15, -0.1) is 11.6 Å². The fraction of sp³-hybridized carbons (Fsp3) is 0.250. The average molecular weight is 347 g/mol. The predicted octanol–water partition coefficient (Wildman–Crippen LogP) is 3.06. The minimum Gasteiger partial charge on any atom is -0.478 e. The zero-order valence-electron chi connectivity index (χ0n) is 7.18. The van der Waals surface area contributed by atoms with E-state index in [4.69, 9.17) is 16.7 Å². The predicted molar refractivity (Wildman–Crippen MR) is 58.4 cm³/mol. The summed E-state index contributed by atoms with van der Waals surface area (Å²) < 4.78 is 24.9. The molecule has 7 heteroatoms. The highest BCUT2D eigenvalue weighted by Crippen LogP contribution is 2.25. The van der Waals surface area contributed by atoms with Crippen LogP contribution >= 0.6 is 34.2 Å². The lowest BCUT2D eigenvalue weighted by Crippen LogP contribution is -2.07. The maximum absolute atomic E-state index is 12.5. The highest BCUT2D eigenvalue weighted by Gasteiger charge is 2.19. The van der Waals surface area contributed by atoms with Crippen molar-refractivity contribution in [1.29, 1.82) is 0 Å². The van der Waals surface area contributed by atoms with E-state index in [1.807, 2.05) is 0 Å². The van der Waals surface area contributed by atoms with Crippen LogP contribution in [0.3, 0.4) is 0 Å². The summed E-state index contributed by atoms with van der Waals surface area (Å²) in [4.78, 5) is 14.2. The van der Waals surface area contributed by atoms with Gasteiger partial charge >= 0.3 is 5.97 Å². The lowest BCUT2D eigenvalue weighted by molar-refractivity contribution is 0.0694. The number of aromatic carboxylic acids is 1. The lowest BCUT2D eigenvalue weighted by atomic mass is 10.1. The lowest BCUT2D eigenvalue weighted by Gasteiger charge is -2.07. The number of carboxylic acids is 1. The first-order valence-electron chi connectivity index (χ1n) is 3.74. The third-order valence-electron chi connectivity index (χ3n) is 1.67. The number of pyridine rings is 1. The molecule has 0 spiro atoms. The molecular formula is C8H5ClF2INO2. The van der Waals surface area contributed by atoms with Crippen LogP contribution in [0.4, 0.5) is 8.78 Å². The molecule has 1 heterocycles. The van der Waals surface area contributed by atoms with E-state index in [0.717, 1.165) is 6.07 Å². The van der Waals surface area contributed by atoms with Crippen molar-refractivity contribution in [3.8, 4) is 0 Å². The second kappa shape index (κ2) is 5.02. The summed E-state index contributed by atoms with van der Waals surface area (Å²) in [6.45, 7) is 0. The van der Waals surface area contributed by atoms with Gasteiger partial charge < -0.3 is 5.11 Å². The van der Waals surface area contributed by atoms with Crippen molar-refractivity contribution in [3.63, 3.8) is 0 Å². The quantitative estimate of drug-likeness (QED) is 0.519. The summed E-state index contributed by atoms with van der Waals surface area (Å²) in [5, 5.41) is 8.74. The molecule has 0 aliphatic rings. The zero-order chi connectivity index (χ0) is 11.6. The van der Waals surface area contributed by atoms with Gasteiger partial charge in [0, 0.05) is 5.88 Å². The number of carbonyl (C=O) groups is 1. The van der Waals surface area contributed by atoms with Crippen LogP contribution in [0.25, 0.3) is 0 Å². The van der Waals surface area contributed by atoms with Crippen molar-refractivity contribution in [2.75, 3.05) is 0 Å². The molecule has 0 aliphatic carbocycles. The zero-order valence-corrected chi connectivity index (χ0v) is 10.1. The van der Waals surface area contributed by atoms with Crippen LogP contribution < -0.4 is 0 Å². The molecule has 0 fully saturated rings. The van der Waals surface area contributed by atoms with Gasteiger partial charge in [-0.25, -0.2) is 18.6 Å². The number of carboxylic acid groups (broad SMARTS) is 1. The molecule has 0 radical (unpaired) electrons. The van der Waals surface area contributed by atoms with Gasteiger partial charge in [0.2, 0.25) is 0 Å². The maximum atomic E-state index is 12.5. The first-order chi connectivity index (χ1) is 6.97. The summed E-state index contributed by atoms with van der Waals surface area (Å²) in [6.07, 6.45) is -2.75. The van der Waals surface area contributed by atoms with Crippen LogP contribution in [0.5, 0.6) is 0 Å². The largest absolute Gasteiger partial charge is 0.478 e. The van der Waals surface area contributed by atoms with Crippen LogP contribution in [0.2, 0.25) is 0 Å². The van der Waals surface area contributed by atoms with Crippen molar-refractivity contribution >= 4 is 40.2 Å². The van der Waals surface area contributed by atoms with Gasteiger partial charge in [-0.05, 0) is 34.2 Å². The van der Waals surface area contributed by atoms with Crippen LogP contribution in [0, 0.1) is 3.70 Å². The van der Waals surface area contributed by atoms with Crippen LogP contribution in [0.1, 0.15) is 28.0 Å². The molecule has 3 nitrogen and oxygen atoms in total. The van der Waals surface area contributed by atoms with Gasteiger partial charge in [0.15, 0.2) is 0 Å². The molecule has 0 aliphatic heterocycles. The van der Waals surface area contributed by atoms with Crippen molar-refractivity contribution in [2.24, 2.45) is 0 Å². The first-order valence-corrected chi connectivity index (χ1v) is 5.35. The Kier molecular flexibility index (Phi) is 4.21. The topological polar surface area (TPSA) is 50.2 Å². The second-order valence-electron chi connectivity index (χ2n) is 2.61. The molecule has 0 amide bonds. The van der Waals surface area contributed by atoms with E-state index in [9.17, 15) is 13.6 Å². The Bertz CT molecular complexity index is 400. The number of hydrogen-bond donors (Lipinski definition) is 1. The summed E-state index contributed by atoms with van der Waals surface area (Å²) >= 11 is 7.04. The Morgan fingerprint density at radius 3 is 2.67 bits per heavy atom. The smallest absolute Gasteiger partial charge is 0.338 e. The number of hydrogen-bond acceptors (Lipinski definition) is 2. The van der Waals surface area contributed by atoms with E-state index in [0.29, 0.717) is 0 Å². The van der Waals surface area contributed by atoms with Gasteiger partial charge in [0.25, 0.3) is 6.43 Å². The Morgan fingerprint density at radius 2 is 2.27 bits per heavy atom. The summed E-state index contributed by atoms with van der Waals surface area (Å²) in [7, 11) is 0. The highest BCUT2D eigenvalue weighted by atomic mass is 127. The van der Waals surface area contributed by atoms with E-state index in [-0.39, 0.29) is 20.7 Å². The maximum Gasteiger partial charge on any atom is 0.338 e. The van der Waals surface area contributed by atoms with Gasteiger partial charge in [-0.3, -0.25) is 0 Å². The molecule has 82 valence electrons. The standard InChI is InChI=1S/C8H5ClF2INO2/c9-2-3-1-4(8(14)15)7(12)13-5(3)6(10)11/h1,6H,2H2,(H,14,15). The van der Waals surface area contributed by atoms with E-state index < -0.39 is 18.1 Å². The van der Waals surface area contributed by atoms with Gasteiger partial charge in [-0.2, -0.15) is 0 Å². The summed E-state index contributed by atoms with van der Waals surface area (Å²) in [5.41, 5.74) is -0.528. The molecule has 1 aromatic rings. The third kappa shape index (κ3) is 2.75. The van der Waals surface area contributed by atoms with E-state index in [1.54, 1.807) is 22.6 Å². The molecule has 0 unspecified atom stereocenters. The number of nitrogens with zero attached hydrogens (tertiary/aromatic N) is 1. The molecule has 0 aromatic carbocycles. The minimum atomic E-state index is -2.75. The Hall–Kier alpha value is -0.500. The number of halogens is 4. The van der Waals surface area contributed by atoms with Crippen molar-refractivity contribution in [1.82, 2.24) is 4.98 Å². The molecule has 1 aromatic heterocycles. The molecule has 0 saturated heterocycles. The van der Waals surface area contributed by atoms with Crippen molar-refractivity contribution in [3.05, 3.63) is 26.6 Å². The van der Waals surface area contributed by atoms with Gasteiger partial charge in [0.1, 0.15) is 9.39 Å². The van der Waals surface area contributed by atoms with Crippen LogP contribution in [-0.2, 0) is 5.88 Å². The molecule has 0 bridgehead atoms. The molecule has 1 rings (SSSR count). The number of alkyl halides is 3. The number of aromatic nitrogens is 1. The molecule has 0 saturated carbocycles. The Labute approximate surface area is 103 Å². The fourth-order valence-electron chi connectivity index (χ4n) is 0.991. The van der Waals surface area contributed by atoms with Crippen LogP contribution in [-0.4, -0.2) is 16.1 Å². The average Bonchev–Trinajstić information content (AvgIpc) is 2.16. The second-order valence-corrected chi connectivity index (χ2v) is 3.90. The molecule has 15 heavy (non-hydrogen) atoms. The van der Waals surface area contributed by atoms with Crippen LogP contribution in [0.15, 0.2) is 6.07 Å². The molecule has 0 atom stereocenters. The van der Waals surface area contributed by atoms with E-state index >= 15 is 0 Å². The van der Waals surface area contributed by atoms with Crippen molar-refractivity contribution < 1.29 is 18.7 Å². The minimum absolute atomic E-state index is 0.0317. The normalized spacial score (nSPS) is 10.7. The number of rotatable bonds is 3. The summed E-state index contributed by atoms with van der Waals surface area (Å²) in [5.74, 6) is -1.40. The first kappa shape index (κ1) is 12.6. The van der Waals surface area contributed by atoms with E-state index in [2.05, 4.69) is 4.98 Å².